The Bertz CT molecular complexity index is 552. The van der Waals surface area contributed by atoms with Gasteiger partial charge in [0.25, 0.3) is 0 Å². The lowest BCUT2D eigenvalue weighted by Gasteiger charge is -2.08. The van der Waals surface area contributed by atoms with Crippen LogP contribution in [-0.2, 0) is 0 Å². The van der Waals surface area contributed by atoms with Crippen molar-refractivity contribution in [1.82, 2.24) is 0 Å². The van der Waals surface area contributed by atoms with Gasteiger partial charge in [0, 0.05) is 30.7 Å². The Morgan fingerprint density at radius 1 is 1.16 bits per heavy atom. The maximum absolute atomic E-state index is 10.9. The number of hydrogen-bond donors (Lipinski definition) is 0. The quantitative estimate of drug-likeness (QED) is 0.599. The number of nitro groups is 2. The fraction of sp³-hybridized carbons (Fsp3) is 0.273. The van der Waals surface area contributed by atoms with Gasteiger partial charge in [0.2, 0.25) is 11.4 Å². The van der Waals surface area contributed by atoms with E-state index in [-0.39, 0.29) is 28.4 Å². The molecular formula is C11H12N2O6. The van der Waals surface area contributed by atoms with Gasteiger partial charge in [-0.15, -0.1) is 0 Å². The molecule has 0 radical (unpaired) electrons. The number of benzene rings is 1. The summed E-state index contributed by atoms with van der Waals surface area (Å²) in [6.07, 6.45) is 1.20. The molecule has 0 bridgehead atoms. The van der Waals surface area contributed by atoms with Gasteiger partial charge in [-0.3, -0.25) is 20.2 Å². The van der Waals surface area contributed by atoms with Gasteiger partial charge in [0.15, 0.2) is 0 Å². The Balaban J connectivity index is 3.46. The first-order valence-electron chi connectivity index (χ1n) is 5.13. The molecule has 0 spiro atoms. The zero-order valence-electron chi connectivity index (χ0n) is 10.6. The van der Waals surface area contributed by atoms with Gasteiger partial charge in [0.1, 0.15) is 5.75 Å². The van der Waals surface area contributed by atoms with E-state index in [1.165, 1.54) is 39.4 Å². The molecule has 102 valence electrons. The van der Waals surface area contributed by atoms with Crippen LogP contribution in [0.15, 0.2) is 17.8 Å². The van der Waals surface area contributed by atoms with E-state index in [1.54, 1.807) is 0 Å². The molecule has 0 saturated heterocycles. The molecule has 0 saturated carbocycles. The molecule has 1 aromatic rings. The van der Waals surface area contributed by atoms with Crippen LogP contribution >= 0.6 is 0 Å². The molecule has 0 aliphatic carbocycles. The third kappa shape index (κ3) is 3.18. The summed E-state index contributed by atoms with van der Waals surface area (Å²) in [4.78, 5) is 20.2. The van der Waals surface area contributed by atoms with E-state index < -0.39 is 9.85 Å². The first-order valence-corrected chi connectivity index (χ1v) is 5.13. The second kappa shape index (κ2) is 5.80. The normalized spacial score (nSPS) is 11.0. The van der Waals surface area contributed by atoms with Crippen LogP contribution in [0.4, 0.5) is 5.69 Å². The Labute approximate surface area is 108 Å². The summed E-state index contributed by atoms with van der Waals surface area (Å²) in [6.45, 7) is 1.29. The number of nitrogens with zero attached hydrogens (tertiary/aromatic N) is 2. The highest BCUT2D eigenvalue weighted by Gasteiger charge is 2.19. The van der Waals surface area contributed by atoms with Gasteiger partial charge in [-0.05, 0) is 0 Å². The number of allylic oxidation sites excluding steroid dienone is 1. The summed E-state index contributed by atoms with van der Waals surface area (Å²) in [5, 5.41) is 21.5. The number of ether oxygens (including phenoxy) is 2. The van der Waals surface area contributed by atoms with E-state index in [0.717, 1.165) is 0 Å². The minimum absolute atomic E-state index is 0.0257. The van der Waals surface area contributed by atoms with E-state index in [2.05, 4.69) is 0 Å². The van der Waals surface area contributed by atoms with Crippen molar-refractivity contribution in [3.8, 4) is 11.5 Å². The summed E-state index contributed by atoms with van der Waals surface area (Å²) >= 11 is 0. The summed E-state index contributed by atoms with van der Waals surface area (Å²) in [7, 11) is 2.65. The van der Waals surface area contributed by atoms with Crippen molar-refractivity contribution in [3.63, 3.8) is 0 Å². The lowest BCUT2D eigenvalue weighted by Crippen LogP contribution is -1.98. The maximum Gasteiger partial charge on any atom is 0.311 e. The van der Waals surface area contributed by atoms with E-state index in [9.17, 15) is 20.2 Å². The molecule has 0 amide bonds. The van der Waals surface area contributed by atoms with Gasteiger partial charge in [-0.2, -0.15) is 0 Å². The minimum atomic E-state index is -0.628. The van der Waals surface area contributed by atoms with E-state index in [1.807, 2.05) is 0 Å². The van der Waals surface area contributed by atoms with Crippen LogP contribution in [0.1, 0.15) is 12.5 Å². The molecule has 0 N–H and O–H groups in total. The molecule has 19 heavy (non-hydrogen) atoms. The Morgan fingerprint density at radius 2 is 1.74 bits per heavy atom. The van der Waals surface area contributed by atoms with Crippen LogP contribution < -0.4 is 9.47 Å². The third-order valence-corrected chi connectivity index (χ3v) is 2.38. The summed E-state index contributed by atoms with van der Waals surface area (Å²) < 4.78 is 9.91. The highest BCUT2D eigenvalue weighted by atomic mass is 16.6. The van der Waals surface area contributed by atoms with Crippen LogP contribution in [0.2, 0.25) is 0 Å². The number of rotatable bonds is 5. The first kappa shape index (κ1) is 14.4. The fourth-order valence-corrected chi connectivity index (χ4v) is 1.44. The second-order valence-electron chi connectivity index (χ2n) is 3.57. The SMILES string of the molecule is COc1cc(OC)c([N+](=O)[O-])cc1/C=C(\C)[N+](=O)[O-]. The zero-order valence-corrected chi connectivity index (χ0v) is 10.6. The Morgan fingerprint density at radius 3 is 2.16 bits per heavy atom. The predicted molar refractivity (Wildman–Crippen MR) is 66.8 cm³/mol. The van der Waals surface area contributed by atoms with Crippen molar-refractivity contribution in [2.45, 2.75) is 6.92 Å². The molecule has 1 aromatic carbocycles. The van der Waals surface area contributed by atoms with Crippen LogP contribution in [0.3, 0.4) is 0 Å². The first-order chi connectivity index (χ1) is 8.90. The fourth-order valence-electron chi connectivity index (χ4n) is 1.44. The van der Waals surface area contributed by atoms with Crippen molar-refractivity contribution in [1.29, 1.82) is 0 Å². The molecule has 1 rings (SSSR count). The van der Waals surface area contributed by atoms with Crippen molar-refractivity contribution in [2.75, 3.05) is 14.2 Å². The standard InChI is InChI=1S/C11H12N2O6/c1-7(12(14)15)4-8-5-9(13(16)17)11(19-3)6-10(8)18-2/h4-6H,1-3H3/b7-4+. The lowest BCUT2D eigenvalue weighted by molar-refractivity contribution is -0.422. The summed E-state index contributed by atoms with van der Waals surface area (Å²) in [6, 6.07) is 2.49. The van der Waals surface area contributed by atoms with Crippen LogP contribution in [-0.4, -0.2) is 24.1 Å². The smallest absolute Gasteiger partial charge is 0.311 e. The van der Waals surface area contributed by atoms with Gasteiger partial charge >= 0.3 is 5.69 Å². The monoisotopic (exact) mass is 268 g/mol. The maximum atomic E-state index is 10.9. The number of methoxy groups -OCH3 is 2. The molecule has 0 fully saturated rings. The van der Waals surface area contributed by atoms with Crippen molar-refractivity contribution < 1.29 is 19.3 Å². The third-order valence-electron chi connectivity index (χ3n) is 2.38. The Hall–Kier alpha value is -2.64. The molecule has 0 aliphatic heterocycles. The highest BCUT2D eigenvalue weighted by molar-refractivity contribution is 5.66. The van der Waals surface area contributed by atoms with Crippen LogP contribution in [0.25, 0.3) is 6.08 Å². The molecule has 0 aromatic heterocycles. The van der Waals surface area contributed by atoms with E-state index >= 15 is 0 Å². The van der Waals surface area contributed by atoms with Crippen molar-refractivity contribution in [2.24, 2.45) is 0 Å². The highest BCUT2D eigenvalue weighted by Crippen LogP contribution is 2.35. The Kier molecular flexibility index (Phi) is 4.41. The molecule has 0 aliphatic rings. The van der Waals surface area contributed by atoms with Gasteiger partial charge in [-0.25, -0.2) is 0 Å². The predicted octanol–water partition coefficient (Wildman–Crippen LogP) is 2.25. The van der Waals surface area contributed by atoms with Gasteiger partial charge in [0.05, 0.1) is 24.1 Å². The van der Waals surface area contributed by atoms with Gasteiger partial charge < -0.3 is 9.47 Å². The lowest BCUT2D eigenvalue weighted by atomic mass is 10.1. The molecule has 0 atom stereocenters. The largest absolute Gasteiger partial charge is 0.496 e. The molecule has 0 heterocycles. The van der Waals surface area contributed by atoms with Crippen molar-refractivity contribution in [3.05, 3.63) is 43.6 Å². The van der Waals surface area contributed by atoms with Crippen molar-refractivity contribution >= 4 is 11.8 Å². The molecule has 8 nitrogen and oxygen atoms in total. The number of nitro benzene ring substituents is 1. The average Bonchev–Trinajstić information content (AvgIpc) is 2.37. The van der Waals surface area contributed by atoms with E-state index in [4.69, 9.17) is 9.47 Å². The summed E-state index contributed by atoms with van der Waals surface area (Å²) in [5.41, 5.74) is -0.201. The molecule has 8 heteroatoms. The number of hydrogen-bond acceptors (Lipinski definition) is 6. The average molecular weight is 268 g/mol. The second-order valence-corrected chi connectivity index (χ2v) is 3.57. The van der Waals surface area contributed by atoms with Gasteiger partial charge in [-0.1, -0.05) is 0 Å². The molecular weight excluding hydrogens is 256 g/mol. The zero-order chi connectivity index (χ0) is 14.6. The topological polar surface area (TPSA) is 105 Å². The molecule has 0 unspecified atom stereocenters. The van der Waals surface area contributed by atoms with E-state index in [0.29, 0.717) is 0 Å². The minimum Gasteiger partial charge on any atom is -0.496 e. The summed E-state index contributed by atoms with van der Waals surface area (Å²) in [5.74, 6) is 0.279. The van der Waals surface area contributed by atoms with Crippen LogP contribution in [0.5, 0.6) is 11.5 Å². The van der Waals surface area contributed by atoms with Crippen LogP contribution in [0, 0.1) is 20.2 Å².